The number of hydrogen-bond donors (Lipinski definition) is 1. The van der Waals surface area contributed by atoms with E-state index in [1.165, 1.54) is 19.2 Å². The molecule has 0 aromatic heterocycles. The number of nitrogens with one attached hydrogen (secondary N) is 1. The van der Waals surface area contributed by atoms with E-state index in [1.54, 1.807) is 24.3 Å². The molecule has 8 heteroatoms. The van der Waals surface area contributed by atoms with Crippen molar-refractivity contribution in [3.8, 4) is 17.2 Å². The van der Waals surface area contributed by atoms with Crippen LogP contribution in [-0.4, -0.2) is 17.9 Å². The van der Waals surface area contributed by atoms with E-state index in [4.69, 9.17) is 14.2 Å². The minimum Gasteiger partial charge on any atom is -0.493 e. The number of carbonyl (C=O) groups excluding carboxylic acids is 1. The molecule has 0 atom stereocenters. The van der Waals surface area contributed by atoms with Crippen LogP contribution in [0.15, 0.2) is 97.1 Å². The Bertz CT molecular complexity index is 1330. The zero-order valence-electron chi connectivity index (χ0n) is 19.5. The molecule has 0 saturated heterocycles. The number of nitrogens with zero attached hydrogens (tertiary/aromatic N) is 1. The Morgan fingerprint density at radius 1 is 0.833 bits per heavy atom. The number of nitro benzene ring substituents is 1. The SMILES string of the molecule is COc1cc(C(=O)Nc2ccc(OCc3ccccc3)cc2)cc([N+](=O)[O-])c1OCc1ccccc1. The lowest BCUT2D eigenvalue weighted by molar-refractivity contribution is -0.386. The van der Waals surface area contributed by atoms with Gasteiger partial charge in [-0.05, 0) is 41.5 Å². The highest BCUT2D eigenvalue weighted by molar-refractivity contribution is 6.05. The van der Waals surface area contributed by atoms with Gasteiger partial charge in [0.2, 0.25) is 5.75 Å². The highest BCUT2D eigenvalue weighted by atomic mass is 16.6. The van der Waals surface area contributed by atoms with Crippen LogP contribution in [0.25, 0.3) is 0 Å². The van der Waals surface area contributed by atoms with Crippen molar-refractivity contribution in [1.82, 2.24) is 0 Å². The fourth-order valence-corrected chi connectivity index (χ4v) is 3.46. The van der Waals surface area contributed by atoms with Crippen molar-refractivity contribution in [1.29, 1.82) is 0 Å². The van der Waals surface area contributed by atoms with E-state index in [9.17, 15) is 14.9 Å². The first-order valence-corrected chi connectivity index (χ1v) is 11.1. The molecule has 0 unspecified atom stereocenters. The zero-order chi connectivity index (χ0) is 25.3. The van der Waals surface area contributed by atoms with Gasteiger partial charge >= 0.3 is 5.69 Å². The Hall–Kier alpha value is -4.85. The van der Waals surface area contributed by atoms with E-state index in [1.807, 2.05) is 60.7 Å². The van der Waals surface area contributed by atoms with E-state index in [-0.39, 0.29) is 29.4 Å². The Labute approximate surface area is 208 Å². The largest absolute Gasteiger partial charge is 0.493 e. The number of carbonyl (C=O) groups is 1. The minimum atomic E-state index is -0.599. The molecular weight excluding hydrogens is 460 g/mol. The summed E-state index contributed by atoms with van der Waals surface area (Å²) in [5.74, 6) is 0.177. The third kappa shape index (κ3) is 6.18. The lowest BCUT2D eigenvalue weighted by Gasteiger charge is -2.13. The number of methoxy groups -OCH3 is 1. The molecule has 0 saturated carbocycles. The Morgan fingerprint density at radius 2 is 1.42 bits per heavy atom. The Kier molecular flexibility index (Phi) is 7.77. The average molecular weight is 485 g/mol. The molecule has 4 rings (SSSR count). The molecule has 0 heterocycles. The van der Waals surface area contributed by atoms with Gasteiger partial charge in [0, 0.05) is 11.8 Å². The van der Waals surface area contributed by atoms with Gasteiger partial charge in [0.05, 0.1) is 17.6 Å². The highest BCUT2D eigenvalue weighted by Crippen LogP contribution is 2.39. The molecule has 0 fully saturated rings. The Balaban J connectivity index is 1.46. The summed E-state index contributed by atoms with van der Waals surface area (Å²) in [5, 5.41) is 14.5. The van der Waals surface area contributed by atoms with E-state index in [0.29, 0.717) is 18.0 Å². The second kappa shape index (κ2) is 11.5. The maximum absolute atomic E-state index is 12.9. The fourth-order valence-electron chi connectivity index (χ4n) is 3.46. The molecular formula is C28H24N2O6. The van der Waals surface area contributed by atoms with Crippen LogP contribution in [0.4, 0.5) is 11.4 Å². The van der Waals surface area contributed by atoms with E-state index in [0.717, 1.165) is 11.1 Å². The molecule has 0 radical (unpaired) electrons. The first-order valence-electron chi connectivity index (χ1n) is 11.1. The van der Waals surface area contributed by atoms with Crippen molar-refractivity contribution in [2.45, 2.75) is 13.2 Å². The van der Waals surface area contributed by atoms with Crippen LogP contribution in [0.2, 0.25) is 0 Å². The fraction of sp³-hybridized carbons (Fsp3) is 0.107. The van der Waals surface area contributed by atoms with Crippen LogP contribution in [0, 0.1) is 10.1 Å². The summed E-state index contributed by atoms with van der Waals surface area (Å²) in [4.78, 5) is 24.0. The molecule has 0 aliphatic rings. The molecule has 4 aromatic carbocycles. The van der Waals surface area contributed by atoms with Gasteiger partial charge in [-0.15, -0.1) is 0 Å². The number of ether oxygens (including phenoxy) is 3. The number of hydrogen-bond acceptors (Lipinski definition) is 6. The van der Waals surface area contributed by atoms with Gasteiger partial charge in [-0.1, -0.05) is 60.7 Å². The molecule has 4 aromatic rings. The molecule has 8 nitrogen and oxygen atoms in total. The quantitative estimate of drug-likeness (QED) is 0.218. The number of rotatable bonds is 10. The normalized spacial score (nSPS) is 10.4. The van der Waals surface area contributed by atoms with Crippen LogP contribution < -0.4 is 19.5 Å². The minimum absolute atomic E-state index is 0.0391. The van der Waals surface area contributed by atoms with Crippen molar-refractivity contribution < 1.29 is 23.9 Å². The zero-order valence-corrected chi connectivity index (χ0v) is 19.5. The highest BCUT2D eigenvalue weighted by Gasteiger charge is 2.25. The van der Waals surface area contributed by atoms with Crippen LogP contribution in [-0.2, 0) is 13.2 Å². The van der Waals surface area contributed by atoms with Crippen LogP contribution >= 0.6 is 0 Å². The first kappa shape index (κ1) is 24.3. The summed E-state index contributed by atoms with van der Waals surface area (Å²) in [5.41, 5.74) is 2.10. The van der Waals surface area contributed by atoms with Crippen molar-refractivity contribution in [3.63, 3.8) is 0 Å². The molecule has 0 aliphatic heterocycles. The van der Waals surface area contributed by atoms with Crippen LogP contribution in [0.3, 0.4) is 0 Å². The summed E-state index contributed by atoms with van der Waals surface area (Å²) in [7, 11) is 1.37. The first-order chi connectivity index (χ1) is 17.5. The molecule has 0 aliphatic carbocycles. The van der Waals surface area contributed by atoms with Gasteiger partial charge in [-0.2, -0.15) is 0 Å². The van der Waals surface area contributed by atoms with Crippen molar-refractivity contribution in [2.24, 2.45) is 0 Å². The van der Waals surface area contributed by atoms with Gasteiger partial charge in [0.25, 0.3) is 5.91 Å². The maximum Gasteiger partial charge on any atom is 0.315 e. The van der Waals surface area contributed by atoms with Crippen molar-refractivity contribution >= 4 is 17.3 Å². The number of nitro groups is 1. The predicted molar refractivity (Wildman–Crippen MR) is 136 cm³/mol. The third-order valence-electron chi connectivity index (χ3n) is 5.30. The summed E-state index contributed by atoms with van der Waals surface area (Å²) >= 11 is 0. The lowest BCUT2D eigenvalue weighted by Crippen LogP contribution is -2.13. The van der Waals surface area contributed by atoms with Gasteiger partial charge in [0.15, 0.2) is 5.75 Å². The molecule has 1 amide bonds. The molecule has 182 valence electrons. The van der Waals surface area contributed by atoms with Gasteiger partial charge in [0.1, 0.15) is 19.0 Å². The number of anilines is 1. The summed E-state index contributed by atoms with van der Waals surface area (Å²) in [6, 6.07) is 28.5. The maximum atomic E-state index is 12.9. The van der Waals surface area contributed by atoms with Crippen molar-refractivity contribution in [2.75, 3.05) is 12.4 Å². The molecule has 0 spiro atoms. The Morgan fingerprint density at radius 3 is 1.97 bits per heavy atom. The van der Waals surface area contributed by atoms with Gasteiger partial charge in [-0.25, -0.2) is 0 Å². The number of amides is 1. The van der Waals surface area contributed by atoms with Crippen LogP contribution in [0.1, 0.15) is 21.5 Å². The second-order valence-electron chi connectivity index (χ2n) is 7.81. The van der Waals surface area contributed by atoms with Gasteiger partial charge < -0.3 is 19.5 Å². The second-order valence-corrected chi connectivity index (χ2v) is 7.81. The molecule has 0 bridgehead atoms. The van der Waals surface area contributed by atoms with Crippen molar-refractivity contribution in [3.05, 3.63) is 124 Å². The van der Waals surface area contributed by atoms with E-state index < -0.39 is 10.8 Å². The van der Waals surface area contributed by atoms with E-state index in [2.05, 4.69) is 5.32 Å². The average Bonchev–Trinajstić information content (AvgIpc) is 2.92. The molecule has 36 heavy (non-hydrogen) atoms. The third-order valence-corrected chi connectivity index (χ3v) is 5.30. The summed E-state index contributed by atoms with van der Waals surface area (Å²) in [6.45, 7) is 0.539. The predicted octanol–water partition coefficient (Wildman–Crippen LogP) is 6.01. The summed E-state index contributed by atoms with van der Waals surface area (Å²) in [6.07, 6.45) is 0. The van der Waals surface area contributed by atoms with Gasteiger partial charge in [-0.3, -0.25) is 14.9 Å². The molecule has 1 N–H and O–H groups in total. The lowest BCUT2D eigenvalue weighted by atomic mass is 10.1. The monoisotopic (exact) mass is 484 g/mol. The standard InChI is InChI=1S/C28H24N2O6/c1-34-26-17-22(16-25(30(32)33)27(26)36-19-21-10-6-3-7-11-21)28(31)29-23-12-14-24(15-13-23)35-18-20-8-4-2-5-9-20/h2-17H,18-19H2,1H3,(H,29,31). The topological polar surface area (TPSA) is 99.9 Å². The summed E-state index contributed by atoms with van der Waals surface area (Å²) < 4.78 is 16.8. The smallest absolute Gasteiger partial charge is 0.315 e. The number of benzene rings is 4. The van der Waals surface area contributed by atoms with E-state index >= 15 is 0 Å². The van der Waals surface area contributed by atoms with Crippen LogP contribution in [0.5, 0.6) is 17.2 Å².